The van der Waals surface area contributed by atoms with E-state index >= 15 is 0 Å². The third-order valence-electron chi connectivity index (χ3n) is 3.48. The van der Waals surface area contributed by atoms with E-state index in [4.69, 9.17) is 4.43 Å². The Kier molecular flexibility index (Phi) is 4.73. The van der Waals surface area contributed by atoms with E-state index in [9.17, 15) is 8.78 Å². The van der Waals surface area contributed by atoms with Crippen LogP contribution in [-0.2, 0) is 11.0 Å². The molecule has 0 aromatic heterocycles. The normalized spacial score (nSPS) is 12.9. The van der Waals surface area contributed by atoms with Crippen LogP contribution in [0, 0.1) is 11.6 Å². The molecular formula is C13H19BrF2OSi. The minimum Gasteiger partial charge on any atom is -0.412 e. The molecule has 0 heterocycles. The van der Waals surface area contributed by atoms with Gasteiger partial charge in [0.15, 0.2) is 8.32 Å². The first-order valence-electron chi connectivity index (χ1n) is 5.82. The minimum absolute atomic E-state index is 0.0530. The van der Waals surface area contributed by atoms with Crippen LogP contribution in [-0.4, -0.2) is 8.32 Å². The zero-order valence-electron chi connectivity index (χ0n) is 11.4. The van der Waals surface area contributed by atoms with Gasteiger partial charge in [0.2, 0.25) is 0 Å². The molecule has 0 fully saturated rings. The lowest BCUT2D eigenvalue weighted by Gasteiger charge is -2.36. The van der Waals surface area contributed by atoms with Crippen LogP contribution in [0.15, 0.2) is 16.6 Å². The Hall–Kier alpha value is -0.263. The fourth-order valence-corrected chi connectivity index (χ4v) is 2.41. The van der Waals surface area contributed by atoms with E-state index in [0.29, 0.717) is 0 Å². The predicted molar refractivity (Wildman–Crippen MR) is 76.0 cm³/mol. The maximum absolute atomic E-state index is 13.6. The standard InChI is InChI=1S/C13H19BrF2OSi/c1-13(2,3)18(4,5)17-8-9-6-12(16)10(14)7-11(9)15/h6-7H,8H2,1-5H3. The molecule has 102 valence electrons. The summed E-state index contributed by atoms with van der Waals surface area (Å²) in [6, 6.07) is 2.33. The molecule has 1 aromatic rings. The van der Waals surface area contributed by atoms with Crippen molar-refractivity contribution in [1.29, 1.82) is 0 Å². The molecule has 0 aliphatic carbocycles. The SMILES string of the molecule is CC(C)(C)[Si](C)(C)OCc1cc(F)c(Br)cc1F. The summed E-state index contributed by atoms with van der Waals surface area (Å²) in [4.78, 5) is 0. The lowest BCUT2D eigenvalue weighted by molar-refractivity contribution is 0.270. The average Bonchev–Trinajstić information content (AvgIpc) is 2.20. The van der Waals surface area contributed by atoms with Crippen molar-refractivity contribution in [2.24, 2.45) is 0 Å². The van der Waals surface area contributed by atoms with E-state index in [2.05, 4.69) is 49.8 Å². The van der Waals surface area contributed by atoms with Gasteiger partial charge >= 0.3 is 0 Å². The molecule has 1 rings (SSSR count). The summed E-state index contributed by atoms with van der Waals surface area (Å²) in [5.41, 5.74) is 0.264. The Morgan fingerprint density at radius 2 is 1.72 bits per heavy atom. The molecule has 0 radical (unpaired) electrons. The van der Waals surface area contributed by atoms with Crippen molar-refractivity contribution in [2.45, 2.75) is 45.5 Å². The van der Waals surface area contributed by atoms with Crippen LogP contribution in [0.5, 0.6) is 0 Å². The summed E-state index contributed by atoms with van der Waals surface area (Å²) < 4.78 is 33.0. The first-order chi connectivity index (χ1) is 8.04. The summed E-state index contributed by atoms with van der Waals surface area (Å²) in [7, 11) is -1.94. The van der Waals surface area contributed by atoms with Crippen LogP contribution >= 0.6 is 15.9 Å². The molecule has 1 nitrogen and oxygen atoms in total. The van der Waals surface area contributed by atoms with Gasteiger partial charge in [0.05, 0.1) is 11.1 Å². The summed E-state index contributed by atoms with van der Waals surface area (Å²) in [5, 5.41) is 0.0530. The summed E-state index contributed by atoms with van der Waals surface area (Å²) in [5.74, 6) is -0.910. The number of hydrogen-bond acceptors (Lipinski definition) is 1. The lowest BCUT2D eigenvalue weighted by Crippen LogP contribution is -2.40. The quantitative estimate of drug-likeness (QED) is 0.541. The van der Waals surface area contributed by atoms with Crippen molar-refractivity contribution in [3.05, 3.63) is 33.8 Å². The second-order valence-corrected chi connectivity index (χ2v) is 11.6. The van der Waals surface area contributed by atoms with Crippen molar-refractivity contribution in [1.82, 2.24) is 0 Å². The van der Waals surface area contributed by atoms with Gasteiger partial charge in [-0.1, -0.05) is 20.8 Å². The van der Waals surface area contributed by atoms with E-state index in [1.165, 1.54) is 6.07 Å². The van der Waals surface area contributed by atoms with Crippen LogP contribution in [0.2, 0.25) is 18.1 Å². The highest BCUT2D eigenvalue weighted by atomic mass is 79.9. The van der Waals surface area contributed by atoms with Gasteiger partial charge in [0.1, 0.15) is 11.6 Å². The Morgan fingerprint density at radius 3 is 2.22 bits per heavy atom. The predicted octanol–water partition coefficient (Wildman–Crippen LogP) is 5.25. The van der Waals surface area contributed by atoms with Crippen LogP contribution in [0.1, 0.15) is 26.3 Å². The largest absolute Gasteiger partial charge is 0.412 e. The Labute approximate surface area is 117 Å². The Bertz CT molecular complexity index is 441. The molecule has 0 aliphatic rings. The van der Waals surface area contributed by atoms with E-state index in [0.717, 1.165) is 6.07 Å². The molecule has 0 amide bonds. The van der Waals surface area contributed by atoms with Gasteiger partial charge in [-0.25, -0.2) is 8.78 Å². The van der Waals surface area contributed by atoms with Crippen LogP contribution in [0.25, 0.3) is 0 Å². The van der Waals surface area contributed by atoms with Crippen molar-refractivity contribution < 1.29 is 13.2 Å². The monoisotopic (exact) mass is 336 g/mol. The molecule has 0 atom stereocenters. The van der Waals surface area contributed by atoms with Gasteiger partial charge in [-0.3, -0.25) is 0 Å². The van der Waals surface area contributed by atoms with Crippen molar-refractivity contribution in [2.75, 3.05) is 0 Å². The van der Waals surface area contributed by atoms with Crippen molar-refractivity contribution >= 4 is 24.2 Å². The van der Waals surface area contributed by atoms with Crippen LogP contribution in [0.3, 0.4) is 0 Å². The van der Waals surface area contributed by atoms with E-state index in [-0.39, 0.29) is 21.7 Å². The molecule has 1 aromatic carbocycles. The molecule has 0 bridgehead atoms. The summed E-state index contributed by atoms with van der Waals surface area (Å²) in [6.45, 7) is 10.6. The second-order valence-electron chi connectivity index (χ2n) is 5.91. The van der Waals surface area contributed by atoms with Gasteiger partial charge < -0.3 is 4.43 Å². The van der Waals surface area contributed by atoms with Gasteiger partial charge in [-0.05, 0) is 46.2 Å². The van der Waals surface area contributed by atoms with Crippen molar-refractivity contribution in [3.63, 3.8) is 0 Å². The van der Waals surface area contributed by atoms with Crippen LogP contribution < -0.4 is 0 Å². The highest BCUT2D eigenvalue weighted by molar-refractivity contribution is 9.10. The van der Waals surface area contributed by atoms with Crippen LogP contribution in [0.4, 0.5) is 8.78 Å². The Morgan fingerprint density at radius 1 is 1.17 bits per heavy atom. The molecule has 5 heteroatoms. The van der Waals surface area contributed by atoms with E-state index in [1.807, 2.05) is 0 Å². The zero-order chi connectivity index (χ0) is 14.1. The number of rotatable bonds is 3. The third-order valence-corrected chi connectivity index (χ3v) is 8.57. The van der Waals surface area contributed by atoms with Crippen molar-refractivity contribution in [3.8, 4) is 0 Å². The highest BCUT2D eigenvalue weighted by Gasteiger charge is 2.37. The number of hydrogen-bond donors (Lipinski definition) is 0. The minimum atomic E-state index is -1.94. The molecular weight excluding hydrogens is 318 g/mol. The molecule has 0 N–H and O–H groups in total. The second kappa shape index (κ2) is 5.39. The third kappa shape index (κ3) is 3.62. The molecule has 0 unspecified atom stereocenters. The van der Waals surface area contributed by atoms with Gasteiger partial charge in [0, 0.05) is 5.56 Å². The zero-order valence-corrected chi connectivity index (χ0v) is 14.0. The first-order valence-corrected chi connectivity index (χ1v) is 9.52. The molecule has 0 saturated carbocycles. The van der Waals surface area contributed by atoms with Gasteiger partial charge in [-0.15, -0.1) is 0 Å². The summed E-state index contributed by atoms with van der Waals surface area (Å²) in [6.07, 6.45) is 0. The fraction of sp³-hybridized carbons (Fsp3) is 0.538. The number of benzene rings is 1. The Balaban J connectivity index is 2.85. The highest BCUT2D eigenvalue weighted by Crippen LogP contribution is 2.37. The molecule has 0 aliphatic heterocycles. The van der Waals surface area contributed by atoms with E-state index in [1.54, 1.807) is 0 Å². The van der Waals surface area contributed by atoms with Gasteiger partial charge in [0.25, 0.3) is 0 Å². The molecule has 0 saturated heterocycles. The number of halogens is 3. The average molecular weight is 337 g/mol. The van der Waals surface area contributed by atoms with Gasteiger partial charge in [-0.2, -0.15) is 0 Å². The lowest BCUT2D eigenvalue weighted by atomic mass is 10.2. The molecule has 0 spiro atoms. The smallest absolute Gasteiger partial charge is 0.192 e. The first kappa shape index (κ1) is 15.8. The molecule has 18 heavy (non-hydrogen) atoms. The maximum Gasteiger partial charge on any atom is 0.192 e. The van der Waals surface area contributed by atoms with E-state index < -0.39 is 20.0 Å². The summed E-state index contributed by atoms with van der Waals surface area (Å²) >= 11 is 2.96. The topological polar surface area (TPSA) is 9.23 Å². The maximum atomic E-state index is 13.6. The fourth-order valence-electron chi connectivity index (χ4n) is 1.15.